The molecule has 2 N–H and O–H groups in total. The molecule has 1 aliphatic rings. The van der Waals surface area contributed by atoms with E-state index in [4.69, 9.17) is 0 Å². The van der Waals surface area contributed by atoms with E-state index in [-0.39, 0.29) is 5.54 Å². The zero-order chi connectivity index (χ0) is 19.6. The van der Waals surface area contributed by atoms with E-state index in [1.165, 1.54) is 53.3 Å². The minimum Gasteiger partial charge on any atom is -0.361 e. The van der Waals surface area contributed by atoms with Gasteiger partial charge in [-0.15, -0.1) is 0 Å². The number of fused-ring (bicyclic) bond motifs is 1. The fourth-order valence-electron chi connectivity index (χ4n) is 5.02. The third kappa shape index (κ3) is 3.61. The quantitative estimate of drug-likeness (QED) is 0.635. The van der Waals surface area contributed by atoms with Crippen molar-refractivity contribution in [1.82, 2.24) is 15.2 Å². The number of aromatic amines is 1. The van der Waals surface area contributed by atoms with Gasteiger partial charge in [-0.2, -0.15) is 0 Å². The molecule has 0 saturated heterocycles. The van der Waals surface area contributed by atoms with E-state index in [1.807, 2.05) is 0 Å². The number of rotatable bonds is 6. The molecular weight excluding hydrogens is 342 g/mol. The van der Waals surface area contributed by atoms with Gasteiger partial charge in [-0.05, 0) is 76.4 Å². The number of hydrogen-bond donors (Lipinski definition) is 2. The second-order valence-electron chi connectivity index (χ2n) is 8.58. The lowest BCUT2D eigenvalue weighted by Crippen LogP contribution is -2.48. The van der Waals surface area contributed by atoms with Crippen molar-refractivity contribution in [3.05, 3.63) is 71.4 Å². The molecule has 0 radical (unpaired) electrons. The summed E-state index contributed by atoms with van der Waals surface area (Å²) in [5.41, 5.74) is 5.69. The van der Waals surface area contributed by atoms with Crippen LogP contribution in [0.25, 0.3) is 10.9 Å². The molecule has 0 bridgehead atoms. The van der Waals surface area contributed by atoms with Crippen molar-refractivity contribution in [3.63, 3.8) is 0 Å². The lowest BCUT2D eigenvalue weighted by molar-refractivity contribution is 0.0858. The highest BCUT2D eigenvalue weighted by Crippen LogP contribution is 2.41. The van der Waals surface area contributed by atoms with Crippen molar-refractivity contribution < 1.29 is 0 Å². The molecule has 0 spiro atoms. The van der Waals surface area contributed by atoms with Gasteiger partial charge in [-0.3, -0.25) is 4.90 Å². The topological polar surface area (TPSA) is 31.1 Å². The maximum absolute atomic E-state index is 3.83. The van der Waals surface area contributed by atoms with Gasteiger partial charge in [0.05, 0.1) is 0 Å². The third-order valence-corrected chi connectivity index (χ3v) is 6.82. The predicted molar refractivity (Wildman–Crippen MR) is 119 cm³/mol. The van der Waals surface area contributed by atoms with Crippen LogP contribution in [0.2, 0.25) is 0 Å². The molecule has 1 fully saturated rings. The summed E-state index contributed by atoms with van der Waals surface area (Å²) in [5, 5.41) is 5.21. The van der Waals surface area contributed by atoms with Gasteiger partial charge in [-0.25, -0.2) is 0 Å². The number of H-pyrrole nitrogens is 1. The van der Waals surface area contributed by atoms with Gasteiger partial charge in [0.2, 0.25) is 0 Å². The molecule has 0 unspecified atom stereocenters. The Balaban J connectivity index is 1.35. The lowest BCUT2D eigenvalue weighted by Gasteiger charge is -2.45. The normalized spacial score (nSPS) is 22.8. The minimum atomic E-state index is 0.188. The monoisotopic (exact) mass is 375 g/mol. The van der Waals surface area contributed by atoms with E-state index < -0.39 is 0 Å². The molecule has 0 aliphatic heterocycles. The van der Waals surface area contributed by atoms with Crippen molar-refractivity contribution in [2.75, 3.05) is 20.6 Å². The first-order valence-corrected chi connectivity index (χ1v) is 10.6. The Kier molecular flexibility index (Phi) is 5.56. The Labute approximate surface area is 169 Å². The van der Waals surface area contributed by atoms with Crippen molar-refractivity contribution in [3.8, 4) is 0 Å². The highest BCUT2D eigenvalue weighted by molar-refractivity contribution is 5.85. The van der Waals surface area contributed by atoms with Crippen LogP contribution in [-0.4, -0.2) is 36.6 Å². The molecule has 1 aromatic heterocycles. The Morgan fingerprint density at radius 1 is 1.04 bits per heavy atom. The predicted octanol–water partition coefficient (Wildman–Crippen LogP) is 5.01. The van der Waals surface area contributed by atoms with Gasteiger partial charge in [0, 0.05) is 28.7 Å². The number of benzene rings is 2. The van der Waals surface area contributed by atoms with Crippen LogP contribution in [0.3, 0.4) is 0 Å². The van der Waals surface area contributed by atoms with E-state index in [1.54, 1.807) is 0 Å². The van der Waals surface area contributed by atoms with Gasteiger partial charge in [0.1, 0.15) is 0 Å². The van der Waals surface area contributed by atoms with Gasteiger partial charge in [0.15, 0.2) is 0 Å². The summed E-state index contributed by atoms with van der Waals surface area (Å²) >= 11 is 0. The van der Waals surface area contributed by atoms with Crippen LogP contribution in [0.1, 0.15) is 42.4 Å². The van der Waals surface area contributed by atoms with E-state index >= 15 is 0 Å². The van der Waals surface area contributed by atoms with Crippen molar-refractivity contribution in [2.45, 2.75) is 50.6 Å². The van der Waals surface area contributed by atoms with Crippen LogP contribution in [0.15, 0.2) is 54.7 Å². The number of hydrogen-bond acceptors (Lipinski definition) is 2. The molecule has 3 aromatic rings. The molecular formula is C25H33N3. The average molecular weight is 376 g/mol. The molecule has 1 saturated carbocycles. The molecule has 28 heavy (non-hydrogen) atoms. The summed E-state index contributed by atoms with van der Waals surface area (Å²) in [6.45, 7) is 3.22. The van der Waals surface area contributed by atoms with Crippen molar-refractivity contribution in [1.29, 1.82) is 0 Å². The van der Waals surface area contributed by atoms with Crippen LogP contribution in [0.5, 0.6) is 0 Å². The molecule has 4 rings (SSSR count). The Bertz CT molecular complexity index is 902. The second kappa shape index (κ2) is 8.10. The number of para-hydroxylation sites is 1. The summed E-state index contributed by atoms with van der Waals surface area (Å²) in [4.78, 5) is 5.89. The molecule has 0 atom stereocenters. The number of aryl methyl sites for hydroxylation is 1. The Hall–Kier alpha value is -2.10. The molecule has 148 valence electrons. The highest BCUT2D eigenvalue weighted by atomic mass is 15.1. The minimum absolute atomic E-state index is 0.188. The van der Waals surface area contributed by atoms with Crippen LogP contribution in [-0.2, 0) is 12.0 Å². The first-order chi connectivity index (χ1) is 13.6. The van der Waals surface area contributed by atoms with E-state index in [2.05, 4.69) is 90.9 Å². The van der Waals surface area contributed by atoms with Gasteiger partial charge in [-0.1, -0.05) is 48.5 Å². The van der Waals surface area contributed by atoms with E-state index in [0.717, 1.165) is 13.0 Å². The fourth-order valence-corrected chi connectivity index (χ4v) is 5.02. The highest BCUT2D eigenvalue weighted by Gasteiger charge is 2.38. The van der Waals surface area contributed by atoms with Gasteiger partial charge in [0.25, 0.3) is 0 Å². The first kappa shape index (κ1) is 19.2. The molecule has 3 heteroatoms. The smallest absolute Gasteiger partial charge is 0.0486 e. The Morgan fingerprint density at radius 3 is 2.50 bits per heavy atom. The first-order valence-electron chi connectivity index (χ1n) is 10.6. The van der Waals surface area contributed by atoms with Crippen molar-refractivity contribution in [2.24, 2.45) is 0 Å². The zero-order valence-electron chi connectivity index (χ0n) is 17.5. The zero-order valence-corrected chi connectivity index (χ0v) is 17.5. The molecule has 1 heterocycles. The molecule has 0 amide bonds. The maximum Gasteiger partial charge on any atom is 0.0486 e. The summed E-state index contributed by atoms with van der Waals surface area (Å²) < 4.78 is 0. The van der Waals surface area contributed by atoms with Crippen LogP contribution < -0.4 is 5.32 Å². The van der Waals surface area contributed by atoms with Crippen LogP contribution >= 0.6 is 0 Å². The standard InChI is InChI=1S/C25H33N3/c1-19-8-7-11-23-20(18-27-24(19)23)14-17-26-22-12-15-25(16-13-22,28(2)3)21-9-5-4-6-10-21/h4-11,18,22,26-27H,12-17H2,1-3H3. The van der Waals surface area contributed by atoms with Gasteiger partial charge < -0.3 is 10.3 Å². The van der Waals surface area contributed by atoms with E-state index in [9.17, 15) is 0 Å². The number of nitrogens with one attached hydrogen (secondary N) is 2. The largest absolute Gasteiger partial charge is 0.361 e. The average Bonchev–Trinajstić information content (AvgIpc) is 3.14. The fraction of sp³-hybridized carbons (Fsp3) is 0.440. The van der Waals surface area contributed by atoms with Crippen molar-refractivity contribution >= 4 is 10.9 Å². The van der Waals surface area contributed by atoms with Gasteiger partial charge >= 0.3 is 0 Å². The molecule has 1 aliphatic carbocycles. The van der Waals surface area contributed by atoms with Crippen LogP contribution in [0.4, 0.5) is 0 Å². The summed E-state index contributed by atoms with van der Waals surface area (Å²) in [5.74, 6) is 0. The maximum atomic E-state index is 3.83. The lowest BCUT2D eigenvalue weighted by atomic mass is 9.74. The summed E-state index contributed by atoms with van der Waals surface area (Å²) in [6.07, 6.45) is 8.17. The Morgan fingerprint density at radius 2 is 1.79 bits per heavy atom. The molecule has 2 aromatic carbocycles. The summed E-state index contributed by atoms with van der Waals surface area (Å²) in [6, 6.07) is 18.3. The van der Waals surface area contributed by atoms with E-state index in [0.29, 0.717) is 6.04 Å². The molecule has 3 nitrogen and oxygen atoms in total. The second-order valence-corrected chi connectivity index (χ2v) is 8.58. The SMILES string of the molecule is Cc1cccc2c(CCNC3CCC(c4ccccc4)(N(C)C)CC3)c[nH]c12. The number of nitrogens with zero attached hydrogens (tertiary/aromatic N) is 1. The number of aromatic nitrogens is 1. The third-order valence-electron chi connectivity index (χ3n) is 6.82. The summed E-state index contributed by atoms with van der Waals surface area (Å²) in [7, 11) is 4.47. The van der Waals surface area contributed by atoms with Crippen LogP contribution in [0, 0.1) is 6.92 Å².